The van der Waals surface area contributed by atoms with Gasteiger partial charge in [0.25, 0.3) is 0 Å². The summed E-state index contributed by atoms with van der Waals surface area (Å²) in [6.45, 7) is 5.39. The molecule has 0 aromatic carbocycles. The third kappa shape index (κ3) is 4.77. The second-order valence-electron chi connectivity index (χ2n) is 6.74. The highest BCUT2D eigenvalue weighted by Gasteiger charge is 2.44. The number of nitrogens with zero attached hydrogens (tertiary/aromatic N) is 2. The van der Waals surface area contributed by atoms with Gasteiger partial charge in [-0.2, -0.15) is 0 Å². The fourth-order valence-electron chi connectivity index (χ4n) is 2.53. The van der Waals surface area contributed by atoms with E-state index in [1.54, 1.807) is 13.8 Å². The van der Waals surface area contributed by atoms with E-state index in [2.05, 4.69) is 0 Å². The lowest BCUT2D eigenvalue weighted by Crippen LogP contribution is -2.40. The van der Waals surface area contributed by atoms with Crippen molar-refractivity contribution in [3.8, 4) is 0 Å². The van der Waals surface area contributed by atoms with Gasteiger partial charge in [-0.3, -0.25) is 19.3 Å². The largest absolute Gasteiger partial charge is 0.480 e. The first-order chi connectivity index (χ1) is 10.6. The van der Waals surface area contributed by atoms with E-state index in [4.69, 9.17) is 5.11 Å². The number of amides is 3. The Morgan fingerprint density at radius 2 is 1.87 bits per heavy atom. The van der Waals surface area contributed by atoms with Crippen LogP contribution in [0.4, 0.5) is 0 Å². The number of likely N-dealkylation sites (tertiary alicyclic amines) is 1. The van der Waals surface area contributed by atoms with Crippen molar-refractivity contribution in [2.75, 3.05) is 13.6 Å². The third-order valence-electron chi connectivity index (χ3n) is 4.32. The number of unbranched alkanes of at least 4 members (excludes halogenated alkanes) is 2. The van der Waals surface area contributed by atoms with Gasteiger partial charge in [-0.25, -0.2) is 4.79 Å². The number of carboxylic acids is 1. The van der Waals surface area contributed by atoms with Gasteiger partial charge in [0.05, 0.1) is 5.41 Å². The van der Waals surface area contributed by atoms with Crippen molar-refractivity contribution >= 4 is 23.7 Å². The smallest absolute Gasteiger partial charge is 0.326 e. The highest BCUT2D eigenvalue weighted by atomic mass is 16.4. The first kappa shape index (κ1) is 19.1. The first-order valence-electron chi connectivity index (χ1n) is 7.91. The number of hydrogen-bond donors (Lipinski definition) is 1. The Labute approximate surface area is 136 Å². The van der Waals surface area contributed by atoms with E-state index in [-0.39, 0.29) is 30.6 Å². The summed E-state index contributed by atoms with van der Waals surface area (Å²) in [5.41, 5.74) is -0.608. The number of carboxylic acid groups (broad SMARTS) is 1. The van der Waals surface area contributed by atoms with Gasteiger partial charge in [0.1, 0.15) is 6.04 Å². The molecule has 1 N–H and O–H groups in total. The molecule has 1 atom stereocenters. The molecule has 1 rings (SSSR count). The first-order valence-corrected chi connectivity index (χ1v) is 7.91. The van der Waals surface area contributed by atoms with E-state index in [1.807, 2.05) is 0 Å². The van der Waals surface area contributed by atoms with Crippen LogP contribution in [0.5, 0.6) is 0 Å². The number of imide groups is 1. The molecule has 1 unspecified atom stereocenters. The normalized spacial score (nSPS) is 18.2. The summed E-state index contributed by atoms with van der Waals surface area (Å²) in [6.07, 6.45) is 2.48. The summed E-state index contributed by atoms with van der Waals surface area (Å²) in [5, 5.41) is 8.86. The fourth-order valence-corrected chi connectivity index (χ4v) is 2.53. The Bertz CT molecular complexity index is 501. The molecule has 1 saturated heterocycles. The van der Waals surface area contributed by atoms with Crippen LogP contribution >= 0.6 is 0 Å². The van der Waals surface area contributed by atoms with Crippen molar-refractivity contribution in [3.63, 3.8) is 0 Å². The van der Waals surface area contributed by atoms with Gasteiger partial charge < -0.3 is 10.0 Å². The van der Waals surface area contributed by atoms with Crippen LogP contribution in [0, 0.1) is 5.41 Å². The molecule has 1 aliphatic rings. The maximum atomic E-state index is 12.0. The van der Waals surface area contributed by atoms with Gasteiger partial charge in [0, 0.05) is 26.4 Å². The average molecular weight is 326 g/mol. The van der Waals surface area contributed by atoms with E-state index in [9.17, 15) is 19.2 Å². The van der Waals surface area contributed by atoms with Crippen LogP contribution in [0.15, 0.2) is 0 Å². The minimum atomic E-state index is -1.03. The zero-order chi connectivity index (χ0) is 17.8. The monoisotopic (exact) mass is 326 g/mol. The lowest BCUT2D eigenvalue weighted by molar-refractivity contribution is -0.148. The molecule has 0 bridgehead atoms. The molecule has 7 heteroatoms. The third-order valence-corrected chi connectivity index (χ3v) is 4.32. The van der Waals surface area contributed by atoms with Crippen LogP contribution in [-0.4, -0.2) is 58.2 Å². The maximum absolute atomic E-state index is 12.0. The van der Waals surface area contributed by atoms with Crippen LogP contribution < -0.4 is 0 Å². The SMILES string of the molecule is CC(C(=O)O)N(C)C(=O)CCCCCN1C(=O)CC(C)(C)C1=O. The van der Waals surface area contributed by atoms with Crippen LogP contribution in [-0.2, 0) is 19.2 Å². The molecule has 130 valence electrons. The zero-order valence-corrected chi connectivity index (χ0v) is 14.3. The van der Waals surface area contributed by atoms with Gasteiger partial charge in [-0.15, -0.1) is 0 Å². The number of aliphatic carboxylic acids is 1. The topological polar surface area (TPSA) is 95.0 Å². The minimum absolute atomic E-state index is 0.131. The standard InChI is InChI=1S/C16H26N2O5/c1-11(14(21)22)17(4)12(19)8-6-5-7-9-18-13(20)10-16(2,3)15(18)23/h11H,5-10H2,1-4H3,(H,21,22). The van der Waals surface area contributed by atoms with Crippen molar-refractivity contribution in [2.24, 2.45) is 5.41 Å². The molecular formula is C16H26N2O5. The van der Waals surface area contributed by atoms with Crippen molar-refractivity contribution in [2.45, 2.75) is 58.9 Å². The molecule has 0 spiro atoms. The van der Waals surface area contributed by atoms with Gasteiger partial charge in [0.2, 0.25) is 17.7 Å². The molecule has 1 heterocycles. The number of carbonyl (C=O) groups excluding carboxylic acids is 3. The molecule has 0 aromatic heterocycles. The van der Waals surface area contributed by atoms with Crippen LogP contribution in [0.1, 0.15) is 52.9 Å². The molecule has 0 aliphatic carbocycles. The Kier molecular flexibility index (Phi) is 6.29. The van der Waals surface area contributed by atoms with Crippen molar-refractivity contribution in [3.05, 3.63) is 0 Å². The minimum Gasteiger partial charge on any atom is -0.480 e. The quantitative estimate of drug-likeness (QED) is 0.535. The molecule has 7 nitrogen and oxygen atoms in total. The summed E-state index contributed by atoms with van der Waals surface area (Å²) >= 11 is 0. The Balaban J connectivity index is 2.28. The summed E-state index contributed by atoms with van der Waals surface area (Å²) in [6, 6.07) is -0.843. The number of likely N-dealkylation sites (N-methyl/N-ethyl adjacent to an activating group) is 1. The van der Waals surface area contributed by atoms with Crippen LogP contribution in [0.2, 0.25) is 0 Å². The highest BCUT2D eigenvalue weighted by Crippen LogP contribution is 2.31. The predicted molar refractivity (Wildman–Crippen MR) is 83.5 cm³/mol. The lowest BCUT2D eigenvalue weighted by atomic mass is 9.92. The summed E-state index contributed by atoms with van der Waals surface area (Å²) in [4.78, 5) is 49.0. The average Bonchev–Trinajstić information content (AvgIpc) is 2.66. The molecule has 0 radical (unpaired) electrons. The van der Waals surface area contributed by atoms with Crippen molar-refractivity contribution in [1.82, 2.24) is 9.80 Å². The number of hydrogen-bond acceptors (Lipinski definition) is 4. The van der Waals surface area contributed by atoms with Gasteiger partial charge in [-0.05, 0) is 19.8 Å². The molecule has 3 amide bonds. The van der Waals surface area contributed by atoms with E-state index in [0.29, 0.717) is 25.8 Å². The molecule has 23 heavy (non-hydrogen) atoms. The number of rotatable bonds is 8. The van der Waals surface area contributed by atoms with Crippen molar-refractivity contribution < 1.29 is 24.3 Å². The highest BCUT2D eigenvalue weighted by molar-refractivity contribution is 6.05. The van der Waals surface area contributed by atoms with Gasteiger partial charge in [0.15, 0.2) is 0 Å². The van der Waals surface area contributed by atoms with E-state index in [0.717, 1.165) is 0 Å². The Hall–Kier alpha value is -1.92. The summed E-state index contributed by atoms with van der Waals surface area (Å²) in [5.74, 6) is -1.51. The Morgan fingerprint density at radius 1 is 1.26 bits per heavy atom. The van der Waals surface area contributed by atoms with E-state index >= 15 is 0 Å². The van der Waals surface area contributed by atoms with Crippen LogP contribution in [0.25, 0.3) is 0 Å². The predicted octanol–water partition coefficient (Wildman–Crippen LogP) is 1.26. The van der Waals surface area contributed by atoms with Gasteiger partial charge >= 0.3 is 5.97 Å². The lowest BCUT2D eigenvalue weighted by Gasteiger charge is -2.21. The molecule has 0 saturated carbocycles. The summed E-state index contributed by atoms with van der Waals surface area (Å²) < 4.78 is 0. The maximum Gasteiger partial charge on any atom is 0.326 e. The molecule has 1 fully saturated rings. The zero-order valence-electron chi connectivity index (χ0n) is 14.3. The fraction of sp³-hybridized carbons (Fsp3) is 0.750. The van der Waals surface area contributed by atoms with E-state index < -0.39 is 17.4 Å². The summed E-state index contributed by atoms with van der Waals surface area (Å²) in [7, 11) is 1.48. The van der Waals surface area contributed by atoms with Crippen LogP contribution in [0.3, 0.4) is 0 Å². The number of carbonyl (C=O) groups is 4. The van der Waals surface area contributed by atoms with E-state index in [1.165, 1.54) is 23.8 Å². The van der Waals surface area contributed by atoms with Crippen molar-refractivity contribution in [1.29, 1.82) is 0 Å². The molecule has 0 aromatic rings. The second kappa shape index (κ2) is 7.57. The molecular weight excluding hydrogens is 300 g/mol. The Morgan fingerprint density at radius 3 is 2.35 bits per heavy atom. The molecule has 1 aliphatic heterocycles. The van der Waals surface area contributed by atoms with Gasteiger partial charge in [-0.1, -0.05) is 20.3 Å². The second-order valence-corrected chi connectivity index (χ2v) is 6.74.